The van der Waals surface area contributed by atoms with Crippen LogP contribution in [0.5, 0.6) is 0 Å². The van der Waals surface area contributed by atoms with E-state index in [0.29, 0.717) is 5.04 Å². The van der Waals surface area contributed by atoms with Gasteiger partial charge in [-0.15, -0.1) is 0 Å². The summed E-state index contributed by atoms with van der Waals surface area (Å²) in [6, 6.07) is 0. The molecule has 1 atom stereocenters. The second-order valence-electron chi connectivity index (χ2n) is 10.9. The summed E-state index contributed by atoms with van der Waals surface area (Å²) in [5, 5.41) is 0.348. The van der Waals surface area contributed by atoms with E-state index < -0.39 is 8.32 Å². The molecule has 0 aromatic rings. The lowest BCUT2D eigenvalue weighted by atomic mass is 9.99. The molecule has 0 aliphatic carbocycles. The van der Waals surface area contributed by atoms with Gasteiger partial charge in [-0.1, -0.05) is 131 Å². The zero-order valence-electron chi connectivity index (χ0n) is 21.0. The number of hydrogen-bond acceptors (Lipinski definition) is 1. The van der Waals surface area contributed by atoms with Crippen LogP contribution in [0.4, 0.5) is 0 Å². The van der Waals surface area contributed by atoms with Crippen molar-refractivity contribution in [2.75, 3.05) is 6.61 Å². The normalized spacial score (nSPS) is 13.8. The Bertz CT molecular complexity index is 332. The molecule has 0 heterocycles. The summed E-state index contributed by atoms with van der Waals surface area (Å²) in [6.07, 6.45) is 22.8. The maximum absolute atomic E-state index is 6.26. The van der Waals surface area contributed by atoms with Gasteiger partial charge in [0.15, 0.2) is 8.32 Å². The molecule has 0 amide bonds. The van der Waals surface area contributed by atoms with E-state index in [1.807, 2.05) is 0 Å². The first-order chi connectivity index (χ1) is 13.2. The quantitative estimate of drug-likeness (QED) is 0.151. The van der Waals surface area contributed by atoms with Gasteiger partial charge in [-0.25, -0.2) is 0 Å². The molecule has 1 nitrogen and oxygen atoms in total. The molecular weight excluding hydrogens is 356 g/mol. The SMILES string of the molecule is CCC(C)CCCCCCCCCCCCCCCCO[Si](C)(C)C(C)(C)C. The van der Waals surface area contributed by atoms with Crippen molar-refractivity contribution in [3.8, 4) is 0 Å². The van der Waals surface area contributed by atoms with Gasteiger partial charge < -0.3 is 4.43 Å². The molecule has 0 aliphatic rings. The first-order valence-electron chi connectivity index (χ1n) is 12.8. The number of hydrogen-bond donors (Lipinski definition) is 0. The van der Waals surface area contributed by atoms with Gasteiger partial charge in [0.25, 0.3) is 0 Å². The van der Waals surface area contributed by atoms with Gasteiger partial charge in [0.05, 0.1) is 0 Å². The van der Waals surface area contributed by atoms with Gasteiger partial charge in [-0.2, -0.15) is 0 Å². The highest BCUT2D eigenvalue weighted by molar-refractivity contribution is 6.74. The summed E-state index contributed by atoms with van der Waals surface area (Å²) in [5.74, 6) is 0.940. The van der Waals surface area contributed by atoms with E-state index in [9.17, 15) is 0 Å². The van der Waals surface area contributed by atoms with Crippen LogP contribution in [0.1, 0.15) is 137 Å². The molecule has 28 heavy (non-hydrogen) atoms. The van der Waals surface area contributed by atoms with E-state index in [2.05, 4.69) is 47.7 Å². The summed E-state index contributed by atoms with van der Waals surface area (Å²) < 4.78 is 6.26. The monoisotopic (exact) mass is 412 g/mol. The fraction of sp³-hybridized carbons (Fsp3) is 1.00. The van der Waals surface area contributed by atoms with E-state index in [4.69, 9.17) is 4.43 Å². The summed E-state index contributed by atoms with van der Waals surface area (Å²) in [7, 11) is -1.52. The minimum Gasteiger partial charge on any atom is -0.417 e. The minimum atomic E-state index is -1.52. The first kappa shape index (κ1) is 28.2. The predicted octanol–water partition coefficient (Wildman–Crippen LogP) is 9.91. The maximum Gasteiger partial charge on any atom is 0.191 e. The topological polar surface area (TPSA) is 9.23 Å². The lowest BCUT2D eigenvalue weighted by molar-refractivity contribution is 0.277. The Kier molecular flexibility index (Phi) is 17.0. The largest absolute Gasteiger partial charge is 0.417 e. The van der Waals surface area contributed by atoms with E-state index in [1.54, 1.807) is 0 Å². The lowest BCUT2D eigenvalue weighted by Crippen LogP contribution is -2.40. The Morgan fingerprint density at radius 3 is 1.36 bits per heavy atom. The first-order valence-corrected chi connectivity index (χ1v) is 15.8. The highest BCUT2D eigenvalue weighted by atomic mass is 28.4. The highest BCUT2D eigenvalue weighted by Crippen LogP contribution is 2.36. The Balaban J connectivity index is 3.22. The van der Waals surface area contributed by atoms with Crippen molar-refractivity contribution in [2.24, 2.45) is 5.92 Å². The molecule has 0 bridgehead atoms. The molecule has 0 saturated heterocycles. The third-order valence-electron chi connectivity index (χ3n) is 7.06. The van der Waals surface area contributed by atoms with Gasteiger partial charge in [-0.3, -0.25) is 0 Å². The molecule has 1 unspecified atom stereocenters. The predicted molar refractivity (Wildman–Crippen MR) is 132 cm³/mol. The average molecular weight is 413 g/mol. The molecular formula is C26H56OSi. The third kappa shape index (κ3) is 16.0. The Morgan fingerprint density at radius 1 is 0.643 bits per heavy atom. The van der Waals surface area contributed by atoms with Gasteiger partial charge in [-0.05, 0) is 30.5 Å². The van der Waals surface area contributed by atoms with Crippen molar-refractivity contribution in [2.45, 2.75) is 155 Å². The van der Waals surface area contributed by atoms with Crippen molar-refractivity contribution in [3.63, 3.8) is 0 Å². The Hall–Kier alpha value is 0.177. The molecule has 0 spiro atoms. The molecule has 0 radical (unpaired) electrons. The summed E-state index contributed by atoms with van der Waals surface area (Å²) in [5.41, 5.74) is 0. The van der Waals surface area contributed by atoms with Crippen LogP contribution in [0.15, 0.2) is 0 Å². The van der Waals surface area contributed by atoms with Crippen LogP contribution < -0.4 is 0 Å². The second-order valence-corrected chi connectivity index (χ2v) is 15.7. The zero-order valence-corrected chi connectivity index (χ0v) is 22.0. The smallest absolute Gasteiger partial charge is 0.191 e. The molecule has 170 valence electrons. The van der Waals surface area contributed by atoms with Gasteiger partial charge in [0.1, 0.15) is 0 Å². The van der Waals surface area contributed by atoms with Crippen molar-refractivity contribution >= 4 is 8.32 Å². The van der Waals surface area contributed by atoms with E-state index in [0.717, 1.165) is 12.5 Å². The van der Waals surface area contributed by atoms with Crippen LogP contribution in [-0.4, -0.2) is 14.9 Å². The molecule has 0 fully saturated rings. The van der Waals surface area contributed by atoms with Crippen LogP contribution >= 0.6 is 0 Å². The standard InChI is InChI=1S/C26H56OSi/c1-8-25(2)23-21-19-17-15-13-11-9-10-12-14-16-18-20-22-24-27-28(6,7)26(3,4)5/h25H,8-24H2,1-7H3. The number of unbranched alkanes of at least 4 members (excludes halogenated alkanes) is 13. The maximum atomic E-state index is 6.26. The molecule has 0 N–H and O–H groups in total. The second kappa shape index (κ2) is 16.9. The Labute approximate surface area is 180 Å². The lowest BCUT2D eigenvalue weighted by Gasteiger charge is -2.36. The molecule has 0 rings (SSSR count). The number of rotatable bonds is 19. The minimum absolute atomic E-state index is 0.348. The average Bonchev–Trinajstić information content (AvgIpc) is 2.62. The molecule has 0 saturated carbocycles. The summed E-state index contributed by atoms with van der Waals surface area (Å²) in [4.78, 5) is 0. The van der Waals surface area contributed by atoms with Crippen LogP contribution in [0.3, 0.4) is 0 Å². The third-order valence-corrected chi connectivity index (χ3v) is 11.6. The summed E-state index contributed by atoms with van der Waals surface area (Å²) >= 11 is 0. The fourth-order valence-corrected chi connectivity index (χ4v) is 4.55. The van der Waals surface area contributed by atoms with E-state index in [1.165, 1.54) is 103 Å². The van der Waals surface area contributed by atoms with Crippen molar-refractivity contribution in [3.05, 3.63) is 0 Å². The van der Waals surface area contributed by atoms with Gasteiger partial charge in [0, 0.05) is 6.61 Å². The molecule has 2 heteroatoms. The van der Waals surface area contributed by atoms with Crippen LogP contribution in [0, 0.1) is 5.92 Å². The van der Waals surface area contributed by atoms with Crippen LogP contribution in [-0.2, 0) is 4.43 Å². The molecule has 0 aliphatic heterocycles. The van der Waals surface area contributed by atoms with Crippen molar-refractivity contribution in [1.82, 2.24) is 0 Å². The molecule has 0 aromatic carbocycles. The zero-order chi connectivity index (χ0) is 21.3. The van der Waals surface area contributed by atoms with Gasteiger partial charge >= 0.3 is 0 Å². The van der Waals surface area contributed by atoms with Gasteiger partial charge in [0.2, 0.25) is 0 Å². The van der Waals surface area contributed by atoms with E-state index in [-0.39, 0.29) is 0 Å². The van der Waals surface area contributed by atoms with E-state index >= 15 is 0 Å². The fourth-order valence-electron chi connectivity index (χ4n) is 3.46. The van der Waals surface area contributed by atoms with Crippen molar-refractivity contribution < 1.29 is 4.43 Å². The highest BCUT2D eigenvalue weighted by Gasteiger charge is 2.36. The van der Waals surface area contributed by atoms with Crippen LogP contribution in [0.2, 0.25) is 18.1 Å². The summed E-state index contributed by atoms with van der Waals surface area (Å²) in [6.45, 7) is 17.4. The Morgan fingerprint density at radius 2 is 1.00 bits per heavy atom. The van der Waals surface area contributed by atoms with Crippen LogP contribution in [0.25, 0.3) is 0 Å². The molecule has 0 aromatic heterocycles. The van der Waals surface area contributed by atoms with Crippen molar-refractivity contribution in [1.29, 1.82) is 0 Å².